The molecule has 1 saturated heterocycles. The van der Waals surface area contributed by atoms with Gasteiger partial charge in [-0.25, -0.2) is 0 Å². The largest absolute Gasteiger partial charge is 0.618 e. The van der Waals surface area contributed by atoms with Gasteiger partial charge in [0.05, 0.1) is 0 Å². The van der Waals surface area contributed by atoms with E-state index in [0.717, 1.165) is 0 Å². The van der Waals surface area contributed by atoms with Gasteiger partial charge in [0.25, 0.3) is 0 Å². The zero-order valence-electron chi connectivity index (χ0n) is 9.15. The summed E-state index contributed by atoms with van der Waals surface area (Å²) in [5.41, 5.74) is 0.698. The Labute approximate surface area is 90.3 Å². The van der Waals surface area contributed by atoms with Crippen molar-refractivity contribution in [3.8, 4) is 0 Å². The van der Waals surface area contributed by atoms with Crippen molar-refractivity contribution < 1.29 is 20.4 Å². The number of rotatable bonds is 2. The fourth-order valence-electron chi connectivity index (χ4n) is 1.75. The van der Waals surface area contributed by atoms with E-state index in [1.807, 2.05) is 0 Å². The molecule has 1 fully saturated rings. The molecule has 0 aromatic heterocycles. The van der Waals surface area contributed by atoms with Crippen LogP contribution in [-0.2, 0) is 20.4 Å². The normalized spacial score (nSPS) is 37.8. The maximum atomic E-state index is 3.26. The minimum Gasteiger partial charge on any atom is -0.618 e. The molecule has 1 rings (SSSR count). The second-order valence-corrected chi connectivity index (χ2v) is 4.00. The predicted octanol–water partition coefficient (Wildman–Crippen LogP) is 2.74. The Morgan fingerprint density at radius 3 is 1.54 bits per heavy atom. The van der Waals surface area contributed by atoms with E-state index in [0.29, 0.717) is 10.8 Å². The Morgan fingerprint density at radius 1 is 1.00 bits per heavy atom. The molecule has 0 bridgehead atoms. The van der Waals surface area contributed by atoms with E-state index in [9.17, 15) is 0 Å². The summed E-state index contributed by atoms with van der Waals surface area (Å²) in [6.07, 6.45) is 2.42. The zero-order chi connectivity index (χ0) is 8.54. The topological polar surface area (TPSA) is 12.0 Å². The third kappa shape index (κ3) is 2.10. The molecule has 1 N–H and O–H groups in total. The van der Waals surface area contributed by atoms with Crippen LogP contribution in [0.15, 0.2) is 0 Å². The average molecular weight is 606 g/mol. The quantitative estimate of drug-likeness (QED) is 0.478. The molecule has 13 heavy (non-hydrogen) atoms. The fraction of sp³-hybridized carbons (Fsp3) is 0.800. The molecule has 0 spiro atoms. The first-order chi connectivity index (χ1) is 5.08. The van der Waals surface area contributed by atoms with Crippen LogP contribution >= 0.6 is 0 Å². The average Bonchev–Trinajstić information content (AvgIpc) is 2.31. The number of nitrogens with one attached hydrogen (secondary N) is 1. The molecule has 0 aliphatic carbocycles. The minimum atomic E-state index is 0. The SMILES string of the molecule is CCC1(C)[CH-]N[CH-]C1(C)CC.[Re].[Rf]. The van der Waals surface area contributed by atoms with Gasteiger partial charge in [0.2, 0.25) is 0 Å². The fourth-order valence-corrected chi connectivity index (χ4v) is 1.75. The van der Waals surface area contributed by atoms with E-state index in [4.69, 9.17) is 0 Å². The van der Waals surface area contributed by atoms with Gasteiger partial charge in [-0.3, -0.25) is 13.1 Å². The minimum absolute atomic E-state index is 0. The monoisotopic (exact) mass is 607 g/mol. The summed E-state index contributed by atoms with van der Waals surface area (Å²) in [5, 5.41) is 3.26. The maximum absolute atomic E-state index is 3.26. The first-order valence-corrected chi connectivity index (χ1v) is 4.53. The van der Waals surface area contributed by atoms with Gasteiger partial charge < -0.3 is 5.32 Å². The molecule has 1 nitrogen and oxygen atoms in total. The molecule has 0 aromatic carbocycles. The van der Waals surface area contributed by atoms with Crippen molar-refractivity contribution in [3.63, 3.8) is 0 Å². The number of hydrogen-bond donors (Lipinski definition) is 1. The van der Waals surface area contributed by atoms with Crippen LogP contribution in [0.2, 0.25) is 0 Å². The Bertz CT molecular complexity index is 138. The van der Waals surface area contributed by atoms with Crippen LogP contribution in [0.25, 0.3) is 0 Å². The number of hydrogen-bond acceptors (Lipinski definition) is 1. The van der Waals surface area contributed by atoms with Crippen molar-refractivity contribution in [2.75, 3.05) is 0 Å². The van der Waals surface area contributed by atoms with Gasteiger partial charge in [-0.1, -0.05) is 40.5 Å². The zero-order valence-corrected chi connectivity index (χ0v) is 18.3. The van der Waals surface area contributed by atoms with E-state index >= 15 is 0 Å². The summed E-state index contributed by atoms with van der Waals surface area (Å²) in [5.74, 6) is 0. The summed E-state index contributed by atoms with van der Waals surface area (Å²) in [7, 11) is 0. The summed E-state index contributed by atoms with van der Waals surface area (Å²) in [4.78, 5) is 0. The van der Waals surface area contributed by atoms with Gasteiger partial charge in [-0.15, -0.1) is 0 Å². The first-order valence-electron chi connectivity index (χ1n) is 4.53. The van der Waals surface area contributed by atoms with Crippen LogP contribution in [0, 0.1) is 23.9 Å². The molecule has 75 valence electrons. The van der Waals surface area contributed by atoms with Crippen molar-refractivity contribution in [2.24, 2.45) is 10.8 Å². The van der Waals surface area contributed by atoms with Crippen LogP contribution < -0.4 is 5.32 Å². The summed E-state index contributed by atoms with van der Waals surface area (Å²) in [6.45, 7) is 13.6. The Hall–Kier alpha value is -0.378. The van der Waals surface area contributed by atoms with Gasteiger partial charge in [0.1, 0.15) is 0 Å². The molecule has 0 aromatic rings. The molecule has 3 heteroatoms. The van der Waals surface area contributed by atoms with Crippen LogP contribution in [0.3, 0.4) is 0 Å². The summed E-state index contributed by atoms with van der Waals surface area (Å²) < 4.78 is 0. The van der Waals surface area contributed by atoms with Crippen LogP contribution in [0.1, 0.15) is 40.5 Å². The van der Waals surface area contributed by atoms with Gasteiger partial charge in [-0.05, 0) is 0 Å². The van der Waals surface area contributed by atoms with Crippen LogP contribution in [0.4, 0.5) is 0 Å². The molecule has 0 amide bonds. The molecule has 1 aliphatic heterocycles. The maximum Gasteiger partial charge on any atom is 0 e. The van der Waals surface area contributed by atoms with Crippen molar-refractivity contribution in [1.29, 1.82) is 0 Å². The van der Waals surface area contributed by atoms with Crippen LogP contribution in [0.5, 0.6) is 0 Å². The van der Waals surface area contributed by atoms with Crippen molar-refractivity contribution in [3.05, 3.63) is 13.1 Å². The van der Waals surface area contributed by atoms with Gasteiger partial charge in [0.15, 0.2) is 0 Å². The third-order valence-corrected chi connectivity index (χ3v) is 3.58. The second kappa shape index (κ2) is 4.75. The summed E-state index contributed by atoms with van der Waals surface area (Å²) >= 11 is 0. The Kier molecular flexibility index (Phi) is 5.52. The standard InChI is InChI=1S/C10H19N.Re.Rf/c1-5-9(3)7-11-8-10(9,4)6-2;;/h7-8,11H,5-6H2,1-4H3;;/q-2;;. The molecule has 2 unspecified atom stereocenters. The second-order valence-electron chi connectivity index (χ2n) is 4.00. The molecule has 0 saturated carbocycles. The molecule has 1 heterocycles. The summed E-state index contributed by atoms with van der Waals surface area (Å²) in [6, 6.07) is 0. The van der Waals surface area contributed by atoms with E-state index in [2.05, 4.69) is 46.1 Å². The predicted molar refractivity (Wildman–Crippen MR) is 48.5 cm³/mol. The molecular weight excluding hydrogens is 587 g/mol. The van der Waals surface area contributed by atoms with Gasteiger partial charge in [-0.2, -0.15) is 10.8 Å². The van der Waals surface area contributed by atoms with Crippen LogP contribution in [-0.4, -0.2) is 0 Å². The molecule has 1 aliphatic rings. The third-order valence-electron chi connectivity index (χ3n) is 3.58. The molecular formula is C10H19NReRf-2. The van der Waals surface area contributed by atoms with E-state index < -0.39 is 0 Å². The molecule has 2 atom stereocenters. The Morgan fingerprint density at radius 2 is 1.31 bits per heavy atom. The van der Waals surface area contributed by atoms with Crippen molar-refractivity contribution in [1.82, 2.24) is 5.32 Å². The molecule has 1 radical (unpaired) electrons. The van der Waals surface area contributed by atoms with Crippen molar-refractivity contribution in [2.45, 2.75) is 40.5 Å². The first kappa shape index (κ1) is 15.1. The van der Waals surface area contributed by atoms with Gasteiger partial charge >= 0.3 is 0 Å². The van der Waals surface area contributed by atoms with E-state index in [1.54, 1.807) is 0 Å². The smallest absolute Gasteiger partial charge is 0 e. The van der Waals surface area contributed by atoms with Crippen molar-refractivity contribution >= 4 is 0 Å². The van der Waals surface area contributed by atoms with Gasteiger partial charge in [0, 0.05) is 20.4 Å². The van der Waals surface area contributed by atoms with E-state index in [1.165, 1.54) is 12.8 Å². The Balaban J connectivity index is 0. The van der Waals surface area contributed by atoms with E-state index in [-0.39, 0.29) is 20.4 Å².